The van der Waals surface area contributed by atoms with Crippen molar-refractivity contribution >= 4 is 21.6 Å². The van der Waals surface area contributed by atoms with Crippen LogP contribution in [0, 0.1) is 5.82 Å². The first-order chi connectivity index (χ1) is 8.33. The molecule has 18 heavy (non-hydrogen) atoms. The number of hydrogen-bond acceptors (Lipinski definition) is 2. The lowest BCUT2D eigenvalue weighted by Gasteiger charge is -2.28. The van der Waals surface area contributed by atoms with Gasteiger partial charge in [-0.05, 0) is 38.0 Å². The van der Waals surface area contributed by atoms with E-state index in [9.17, 15) is 12.8 Å². The zero-order valence-electron chi connectivity index (χ0n) is 10.4. The van der Waals surface area contributed by atoms with E-state index in [1.807, 2.05) is 6.92 Å². The highest BCUT2D eigenvalue weighted by Gasteiger charge is 2.28. The summed E-state index contributed by atoms with van der Waals surface area (Å²) >= 11 is 5.67. The normalized spacial score (nSPS) is 15.3. The van der Waals surface area contributed by atoms with E-state index in [-0.39, 0.29) is 4.90 Å². The molecule has 0 saturated carbocycles. The quantitative estimate of drug-likeness (QED) is 0.820. The molecule has 1 aromatic rings. The molecule has 0 amide bonds. The molecule has 3 nitrogen and oxygen atoms in total. The minimum absolute atomic E-state index is 0.0725. The monoisotopic (exact) mass is 293 g/mol. The molecular weight excluding hydrogens is 277 g/mol. The Hall–Kier alpha value is -0.650. The predicted molar refractivity (Wildman–Crippen MR) is 70.8 cm³/mol. The van der Waals surface area contributed by atoms with Crippen molar-refractivity contribution in [2.45, 2.75) is 37.1 Å². The summed E-state index contributed by atoms with van der Waals surface area (Å²) in [6.45, 7) is 3.66. The highest BCUT2D eigenvalue weighted by molar-refractivity contribution is 7.89. The largest absolute Gasteiger partial charge is 0.241 e. The summed E-state index contributed by atoms with van der Waals surface area (Å²) in [5, 5.41) is 0. The Balaban J connectivity index is 3.01. The van der Waals surface area contributed by atoms with Gasteiger partial charge in [0.25, 0.3) is 0 Å². The number of benzene rings is 1. The van der Waals surface area contributed by atoms with Gasteiger partial charge >= 0.3 is 0 Å². The molecule has 0 aliphatic carbocycles. The van der Waals surface area contributed by atoms with E-state index in [0.29, 0.717) is 18.7 Å². The van der Waals surface area contributed by atoms with Gasteiger partial charge in [0.1, 0.15) is 5.82 Å². The summed E-state index contributed by atoms with van der Waals surface area (Å²) in [5.41, 5.74) is -0.618. The third-order valence-electron chi connectivity index (χ3n) is 2.91. The molecule has 1 aromatic carbocycles. The van der Waals surface area contributed by atoms with Crippen LogP contribution in [0.25, 0.3) is 0 Å². The van der Waals surface area contributed by atoms with Crippen LogP contribution in [0.5, 0.6) is 0 Å². The molecule has 6 heteroatoms. The van der Waals surface area contributed by atoms with E-state index < -0.39 is 21.4 Å². The number of hydrogen-bond donors (Lipinski definition) is 1. The van der Waals surface area contributed by atoms with Crippen molar-refractivity contribution in [2.75, 3.05) is 5.88 Å². The maximum atomic E-state index is 13.0. The number of rotatable bonds is 6. The molecule has 0 saturated heterocycles. The first-order valence-corrected chi connectivity index (χ1v) is 7.70. The van der Waals surface area contributed by atoms with E-state index in [1.165, 1.54) is 18.2 Å². The molecule has 0 aliphatic rings. The zero-order chi connectivity index (χ0) is 13.8. The van der Waals surface area contributed by atoms with Gasteiger partial charge in [-0.15, -0.1) is 11.6 Å². The molecule has 1 atom stereocenters. The van der Waals surface area contributed by atoms with Crippen molar-refractivity contribution in [2.24, 2.45) is 0 Å². The number of sulfonamides is 1. The van der Waals surface area contributed by atoms with Crippen LogP contribution in [0.3, 0.4) is 0 Å². The Kier molecular flexibility index (Phi) is 5.13. The fraction of sp³-hybridized carbons (Fsp3) is 0.500. The second-order valence-electron chi connectivity index (χ2n) is 4.42. The third-order valence-corrected chi connectivity index (χ3v) is 4.74. The van der Waals surface area contributed by atoms with Crippen molar-refractivity contribution in [1.29, 1.82) is 0 Å². The van der Waals surface area contributed by atoms with Gasteiger partial charge in [-0.1, -0.05) is 13.0 Å². The number of halogens is 2. The first kappa shape index (κ1) is 15.4. The SMILES string of the molecule is CCC(C)(CCCl)NS(=O)(=O)c1cccc(F)c1. The lowest BCUT2D eigenvalue weighted by molar-refractivity contribution is 0.390. The second-order valence-corrected chi connectivity index (χ2v) is 6.48. The molecule has 0 spiro atoms. The number of nitrogens with one attached hydrogen (secondary N) is 1. The molecule has 0 heterocycles. The van der Waals surface area contributed by atoms with Gasteiger partial charge in [-0.2, -0.15) is 0 Å². The van der Waals surface area contributed by atoms with Crippen LogP contribution in [0.15, 0.2) is 29.2 Å². The van der Waals surface area contributed by atoms with E-state index in [0.717, 1.165) is 6.07 Å². The van der Waals surface area contributed by atoms with Crippen LogP contribution >= 0.6 is 11.6 Å². The van der Waals surface area contributed by atoms with E-state index >= 15 is 0 Å². The highest BCUT2D eigenvalue weighted by Crippen LogP contribution is 2.20. The fourth-order valence-electron chi connectivity index (χ4n) is 1.53. The Morgan fingerprint density at radius 1 is 1.44 bits per heavy atom. The van der Waals surface area contributed by atoms with E-state index in [2.05, 4.69) is 4.72 Å². The van der Waals surface area contributed by atoms with Crippen LogP contribution in [0.4, 0.5) is 4.39 Å². The van der Waals surface area contributed by atoms with Gasteiger partial charge in [0.15, 0.2) is 0 Å². The summed E-state index contributed by atoms with van der Waals surface area (Å²) in [6.07, 6.45) is 1.12. The van der Waals surface area contributed by atoms with E-state index in [1.54, 1.807) is 6.92 Å². The highest BCUT2D eigenvalue weighted by atomic mass is 35.5. The summed E-state index contributed by atoms with van der Waals surface area (Å²) in [4.78, 5) is -0.0725. The van der Waals surface area contributed by atoms with Crippen LogP contribution in [0.1, 0.15) is 26.7 Å². The van der Waals surface area contributed by atoms with Gasteiger partial charge in [0, 0.05) is 11.4 Å². The number of alkyl halides is 1. The second kappa shape index (κ2) is 5.99. The Morgan fingerprint density at radius 2 is 2.11 bits per heavy atom. The molecule has 1 rings (SSSR count). The van der Waals surface area contributed by atoms with Crippen molar-refractivity contribution in [3.63, 3.8) is 0 Å². The molecule has 0 bridgehead atoms. The minimum Gasteiger partial charge on any atom is -0.207 e. The third kappa shape index (κ3) is 3.93. The molecule has 1 unspecified atom stereocenters. The predicted octanol–water partition coefficient (Wildman–Crippen LogP) is 2.90. The summed E-state index contributed by atoms with van der Waals surface area (Å²) < 4.78 is 39.9. The maximum Gasteiger partial charge on any atom is 0.241 e. The average Bonchev–Trinajstić information content (AvgIpc) is 2.28. The van der Waals surface area contributed by atoms with Gasteiger partial charge in [0.05, 0.1) is 4.90 Å². The van der Waals surface area contributed by atoms with Crippen LogP contribution < -0.4 is 4.72 Å². The van der Waals surface area contributed by atoms with Crippen LogP contribution in [0.2, 0.25) is 0 Å². The molecule has 1 N–H and O–H groups in total. The summed E-state index contributed by atoms with van der Waals surface area (Å²) in [5.74, 6) is -0.218. The standard InChI is InChI=1S/C12H17ClFNO2S/c1-3-12(2,7-8-13)15-18(16,17)11-6-4-5-10(14)9-11/h4-6,9,15H,3,7-8H2,1-2H3. The topological polar surface area (TPSA) is 46.2 Å². The lowest BCUT2D eigenvalue weighted by Crippen LogP contribution is -2.45. The van der Waals surface area contributed by atoms with Crippen LogP contribution in [-0.4, -0.2) is 19.8 Å². The van der Waals surface area contributed by atoms with Gasteiger partial charge < -0.3 is 0 Å². The smallest absolute Gasteiger partial charge is 0.207 e. The molecule has 102 valence electrons. The molecule has 0 aliphatic heterocycles. The van der Waals surface area contributed by atoms with Crippen molar-refractivity contribution in [1.82, 2.24) is 4.72 Å². The molecule has 0 radical (unpaired) electrons. The van der Waals surface area contributed by atoms with Gasteiger partial charge in [-0.25, -0.2) is 17.5 Å². The molecule has 0 aromatic heterocycles. The van der Waals surface area contributed by atoms with Crippen molar-refractivity contribution in [3.8, 4) is 0 Å². The Morgan fingerprint density at radius 3 is 2.61 bits per heavy atom. The average molecular weight is 294 g/mol. The molecule has 0 fully saturated rings. The molecular formula is C12H17ClFNO2S. The van der Waals surface area contributed by atoms with Gasteiger partial charge in [-0.3, -0.25) is 0 Å². The maximum absolute atomic E-state index is 13.0. The summed E-state index contributed by atoms with van der Waals surface area (Å²) in [6, 6.07) is 4.94. The Labute approximate surface area is 112 Å². The lowest BCUT2D eigenvalue weighted by atomic mass is 9.97. The van der Waals surface area contributed by atoms with E-state index in [4.69, 9.17) is 11.6 Å². The first-order valence-electron chi connectivity index (χ1n) is 5.68. The minimum atomic E-state index is -3.72. The fourth-order valence-corrected chi connectivity index (χ4v) is 3.48. The van der Waals surface area contributed by atoms with Crippen molar-refractivity contribution < 1.29 is 12.8 Å². The van der Waals surface area contributed by atoms with Gasteiger partial charge in [0.2, 0.25) is 10.0 Å². The zero-order valence-corrected chi connectivity index (χ0v) is 12.0. The van der Waals surface area contributed by atoms with Crippen molar-refractivity contribution in [3.05, 3.63) is 30.1 Å². The Bertz CT molecular complexity index is 507. The summed E-state index contributed by atoms with van der Waals surface area (Å²) in [7, 11) is -3.72. The van der Waals surface area contributed by atoms with Crippen LogP contribution in [-0.2, 0) is 10.0 Å².